The molecule has 0 amide bonds. The molecule has 11 heteroatoms. The molecule has 1 saturated heterocycles. The predicted molar refractivity (Wildman–Crippen MR) is 119 cm³/mol. The molecule has 5 rings (SSSR count). The number of tetrazole rings is 1. The van der Waals surface area contributed by atoms with Crippen molar-refractivity contribution in [3.05, 3.63) is 53.7 Å². The molecule has 1 aliphatic rings. The van der Waals surface area contributed by atoms with Gasteiger partial charge in [-0.05, 0) is 61.6 Å². The molecule has 164 valence electrons. The average molecular weight is 454 g/mol. The van der Waals surface area contributed by atoms with E-state index in [-0.39, 0.29) is 22.4 Å². The van der Waals surface area contributed by atoms with Gasteiger partial charge in [-0.1, -0.05) is 17.7 Å². The lowest BCUT2D eigenvalue weighted by Gasteiger charge is -2.28. The van der Waals surface area contributed by atoms with E-state index in [0.717, 1.165) is 37.1 Å². The lowest BCUT2D eigenvalue weighted by molar-refractivity contribution is 0.212. The molecule has 3 aromatic heterocycles. The van der Waals surface area contributed by atoms with Gasteiger partial charge in [-0.2, -0.15) is 9.78 Å². The highest BCUT2D eigenvalue weighted by Crippen LogP contribution is 2.31. The predicted octanol–water partition coefficient (Wildman–Crippen LogP) is 3.23. The molecule has 0 atom stereocenters. The van der Waals surface area contributed by atoms with E-state index < -0.39 is 5.82 Å². The molecule has 2 N–H and O–H groups in total. The van der Waals surface area contributed by atoms with Gasteiger partial charge < -0.3 is 10.6 Å². The summed E-state index contributed by atoms with van der Waals surface area (Å²) in [5.41, 5.74) is 8.47. The summed E-state index contributed by atoms with van der Waals surface area (Å²) < 4.78 is 17.9. The van der Waals surface area contributed by atoms with Crippen molar-refractivity contribution in [2.24, 2.45) is 0 Å². The molecule has 9 nitrogen and oxygen atoms in total. The van der Waals surface area contributed by atoms with Crippen molar-refractivity contribution in [2.75, 3.05) is 25.9 Å². The van der Waals surface area contributed by atoms with E-state index in [1.807, 2.05) is 23.1 Å². The molecule has 0 spiro atoms. The third-order valence-corrected chi connectivity index (χ3v) is 6.08. The molecule has 1 aliphatic heterocycles. The maximum Gasteiger partial charge on any atom is 0.190 e. The Labute approximate surface area is 188 Å². The zero-order chi connectivity index (χ0) is 22.2. The van der Waals surface area contributed by atoms with Gasteiger partial charge in [0.25, 0.3) is 0 Å². The fraction of sp³-hybridized carbons (Fsp3) is 0.286. The van der Waals surface area contributed by atoms with Gasteiger partial charge in [0.2, 0.25) is 0 Å². The van der Waals surface area contributed by atoms with Crippen molar-refractivity contribution in [2.45, 2.75) is 18.9 Å². The van der Waals surface area contributed by atoms with Crippen molar-refractivity contribution < 1.29 is 4.39 Å². The first kappa shape index (κ1) is 20.5. The van der Waals surface area contributed by atoms with Gasteiger partial charge in [0.1, 0.15) is 11.5 Å². The Kier molecular flexibility index (Phi) is 5.32. The van der Waals surface area contributed by atoms with E-state index in [9.17, 15) is 4.39 Å². The number of pyridine rings is 1. The highest BCUT2D eigenvalue weighted by Gasteiger charge is 2.21. The Bertz CT molecular complexity index is 1260. The molecule has 0 unspecified atom stereocenters. The quantitative estimate of drug-likeness (QED) is 0.505. The third kappa shape index (κ3) is 3.71. The van der Waals surface area contributed by atoms with Crippen LogP contribution in [0.3, 0.4) is 0 Å². The standard InChI is InChI=1S/C21H21ClFN9/c1-30-7-5-15(6-8-30)31-12-14(11-26-31)13-9-16(20(24)25-10-13)21-27-28-29-32(21)18-4-2-3-17(22)19(18)23/h2-4,9-12,15H,5-8H2,1H3,(H2,24,25). The van der Waals surface area contributed by atoms with Crippen LogP contribution in [0.1, 0.15) is 18.9 Å². The largest absolute Gasteiger partial charge is 0.383 e. The summed E-state index contributed by atoms with van der Waals surface area (Å²) in [6.45, 7) is 2.10. The lowest BCUT2D eigenvalue weighted by atomic mass is 10.1. The second-order valence-corrected chi connectivity index (χ2v) is 8.29. The Morgan fingerprint density at radius 2 is 1.97 bits per heavy atom. The van der Waals surface area contributed by atoms with Gasteiger partial charge in [0.15, 0.2) is 11.6 Å². The van der Waals surface area contributed by atoms with E-state index in [1.54, 1.807) is 18.3 Å². The zero-order valence-corrected chi connectivity index (χ0v) is 18.1. The minimum Gasteiger partial charge on any atom is -0.383 e. The molecule has 0 aliphatic carbocycles. The molecule has 32 heavy (non-hydrogen) atoms. The van der Waals surface area contributed by atoms with Crippen LogP contribution in [0.25, 0.3) is 28.2 Å². The van der Waals surface area contributed by atoms with Crippen LogP contribution in [-0.2, 0) is 0 Å². The van der Waals surface area contributed by atoms with Gasteiger partial charge in [0.05, 0.1) is 22.8 Å². The number of nitrogens with two attached hydrogens (primary N) is 1. The monoisotopic (exact) mass is 453 g/mol. The Morgan fingerprint density at radius 1 is 1.16 bits per heavy atom. The van der Waals surface area contributed by atoms with Crippen LogP contribution in [0.5, 0.6) is 0 Å². The first-order valence-electron chi connectivity index (χ1n) is 10.2. The van der Waals surface area contributed by atoms with Gasteiger partial charge in [-0.15, -0.1) is 5.10 Å². The van der Waals surface area contributed by atoms with Crippen LogP contribution in [-0.4, -0.2) is 60.0 Å². The summed E-state index contributed by atoms with van der Waals surface area (Å²) >= 11 is 5.93. The second kappa shape index (κ2) is 8.29. The number of benzene rings is 1. The number of aromatic nitrogens is 7. The van der Waals surface area contributed by atoms with Crippen LogP contribution in [0.4, 0.5) is 10.2 Å². The number of nitrogens with zero attached hydrogens (tertiary/aromatic N) is 8. The number of hydrogen-bond acceptors (Lipinski definition) is 7. The van der Waals surface area contributed by atoms with Crippen molar-refractivity contribution in [3.63, 3.8) is 0 Å². The van der Waals surface area contributed by atoms with E-state index >= 15 is 0 Å². The first-order chi connectivity index (χ1) is 15.5. The van der Waals surface area contributed by atoms with Gasteiger partial charge in [0, 0.05) is 23.5 Å². The SMILES string of the molecule is CN1CCC(n2cc(-c3cnc(N)c(-c4nnnn4-c4cccc(Cl)c4F)c3)cn2)CC1. The molecule has 4 aromatic rings. The van der Waals surface area contributed by atoms with Gasteiger partial charge in [-0.3, -0.25) is 4.68 Å². The third-order valence-electron chi connectivity index (χ3n) is 5.79. The number of rotatable bonds is 4. The first-order valence-corrected chi connectivity index (χ1v) is 10.6. The molecule has 1 fully saturated rings. The van der Waals surface area contributed by atoms with Crippen molar-refractivity contribution in [1.82, 2.24) is 39.9 Å². The van der Waals surface area contributed by atoms with E-state index in [0.29, 0.717) is 11.6 Å². The fourth-order valence-corrected chi connectivity index (χ4v) is 4.10. The average Bonchev–Trinajstić information content (AvgIpc) is 3.47. The Morgan fingerprint density at radius 3 is 2.78 bits per heavy atom. The topological polar surface area (TPSA) is 104 Å². The minimum atomic E-state index is -0.621. The van der Waals surface area contributed by atoms with Crippen LogP contribution in [0, 0.1) is 5.82 Å². The molecular formula is C21H21ClFN9. The molecule has 0 radical (unpaired) electrons. The van der Waals surface area contributed by atoms with E-state index in [4.69, 9.17) is 17.3 Å². The molecule has 1 aromatic carbocycles. The van der Waals surface area contributed by atoms with E-state index in [1.165, 1.54) is 10.7 Å². The van der Waals surface area contributed by atoms with Crippen LogP contribution < -0.4 is 5.73 Å². The normalized spacial score (nSPS) is 15.3. The smallest absolute Gasteiger partial charge is 0.190 e. The second-order valence-electron chi connectivity index (χ2n) is 7.89. The molecule has 0 bridgehead atoms. The summed E-state index contributed by atoms with van der Waals surface area (Å²) in [5, 5.41) is 16.3. The van der Waals surface area contributed by atoms with Crippen molar-refractivity contribution >= 4 is 17.4 Å². The highest BCUT2D eigenvalue weighted by atomic mass is 35.5. The van der Waals surface area contributed by atoms with Crippen LogP contribution >= 0.6 is 11.6 Å². The van der Waals surface area contributed by atoms with Crippen LogP contribution in [0.15, 0.2) is 42.9 Å². The number of hydrogen-bond donors (Lipinski definition) is 1. The molecular weight excluding hydrogens is 433 g/mol. The highest BCUT2D eigenvalue weighted by molar-refractivity contribution is 6.30. The number of anilines is 1. The summed E-state index contributed by atoms with van der Waals surface area (Å²) in [5.74, 6) is -0.125. The summed E-state index contributed by atoms with van der Waals surface area (Å²) in [4.78, 5) is 6.65. The molecule has 4 heterocycles. The van der Waals surface area contributed by atoms with E-state index in [2.05, 4.69) is 37.6 Å². The van der Waals surface area contributed by atoms with Gasteiger partial charge >= 0.3 is 0 Å². The maximum absolute atomic E-state index is 14.6. The summed E-state index contributed by atoms with van der Waals surface area (Å²) in [6.07, 6.45) is 7.64. The Balaban J connectivity index is 1.50. The number of nitrogen functional groups attached to an aromatic ring is 1. The minimum absolute atomic E-state index is 0.0230. The molecule has 0 saturated carbocycles. The number of halogens is 2. The van der Waals surface area contributed by atoms with Crippen molar-refractivity contribution in [3.8, 4) is 28.2 Å². The van der Waals surface area contributed by atoms with Crippen molar-refractivity contribution in [1.29, 1.82) is 0 Å². The van der Waals surface area contributed by atoms with Crippen LogP contribution in [0.2, 0.25) is 5.02 Å². The zero-order valence-electron chi connectivity index (χ0n) is 17.4. The van der Waals surface area contributed by atoms with Gasteiger partial charge in [-0.25, -0.2) is 9.37 Å². The Hall–Kier alpha value is -3.37. The maximum atomic E-state index is 14.6. The summed E-state index contributed by atoms with van der Waals surface area (Å²) in [7, 11) is 2.13. The summed E-state index contributed by atoms with van der Waals surface area (Å²) in [6, 6.07) is 6.84. The fourth-order valence-electron chi connectivity index (χ4n) is 3.93. The number of piperidine rings is 1. The lowest BCUT2D eigenvalue weighted by Crippen LogP contribution is -2.31. The number of likely N-dealkylation sites (tertiary alicyclic amines) is 1.